The third kappa shape index (κ3) is 4.36. The maximum Gasteiger partial charge on any atom is 0.262 e. The first-order valence-corrected chi connectivity index (χ1v) is 12.1. The van der Waals surface area contributed by atoms with Crippen LogP contribution in [0.1, 0.15) is 23.6 Å². The lowest BCUT2D eigenvalue weighted by Gasteiger charge is -2.16. The lowest BCUT2D eigenvalue weighted by molar-refractivity contribution is -0.115. The molecule has 1 N–H and O–H groups in total. The summed E-state index contributed by atoms with van der Waals surface area (Å²) in [5.41, 5.74) is 5.03. The third-order valence-corrected chi connectivity index (χ3v) is 7.59. The summed E-state index contributed by atoms with van der Waals surface area (Å²) < 4.78 is 1.53. The van der Waals surface area contributed by atoms with Crippen molar-refractivity contribution in [1.82, 2.24) is 9.55 Å². The van der Waals surface area contributed by atoms with Gasteiger partial charge in [0.25, 0.3) is 5.56 Å². The van der Waals surface area contributed by atoms with Crippen LogP contribution in [0.4, 0.5) is 5.69 Å². The monoisotopic (exact) mass is 463 g/mol. The van der Waals surface area contributed by atoms with E-state index >= 15 is 0 Å². The van der Waals surface area contributed by atoms with E-state index in [1.807, 2.05) is 64.1 Å². The number of carbonyl (C=O) groups excluding carboxylic acids is 1. The van der Waals surface area contributed by atoms with Crippen molar-refractivity contribution < 1.29 is 4.79 Å². The van der Waals surface area contributed by atoms with Crippen LogP contribution < -0.4 is 10.9 Å². The molecule has 2 aromatic carbocycles. The third-order valence-electron chi connectivity index (χ3n) is 5.37. The Morgan fingerprint density at radius 2 is 1.75 bits per heavy atom. The molecule has 4 aromatic rings. The molecule has 0 aliphatic rings. The van der Waals surface area contributed by atoms with Gasteiger partial charge in [-0.25, -0.2) is 4.98 Å². The number of nitrogens with one attached hydrogen (secondary N) is 1. The normalized spacial score (nSPS) is 12.2. The Bertz CT molecular complexity index is 1350. The first-order chi connectivity index (χ1) is 15.2. The van der Waals surface area contributed by atoms with E-state index in [1.54, 1.807) is 7.05 Å². The molecule has 0 radical (unpaired) electrons. The van der Waals surface area contributed by atoms with Gasteiger partial charge in [0.05, 0.1) is 10.6 Å². The smallest absolute Gasteiger partial charge is 0.262 e. The lowest BCUT2D eigenvalue weighted by atomic mass is 10.1. The number of thiophene rings is 1. The molecule has 0 bridgehead atoms. The van der Waals surface area contributed by atoms with Crippen LogP contribution in [0, 0.1) is 20.8 Å². The number of carbonyl (C=O) groups is 1. The molecule has 0 aliphatic carbocycles. The second-order valence-electron chi connectivity index (χ2n) is 7.98. The van der Waals surface area contributed by atoms with Gasteiger partial charge in [0.15, 0.2) is 5.16 Å². The fraction of sp³-hybridized carbons (Fsp3) is 0.240. The number of amides is 1. The number of anilines is 1. The van der Waals surface area contributed by atoms with Gasteiger partial charge < -0.3 is 5.32 Å². The Kier molecular flexibility index (Phi) is 6.22. The van der Waals surface area contributed by atoms with E-state index < -0.39 is 5.25 Å². The van der Waals surface area contributed by atoms with Crippen LogP contribution >= 0.6 is 23.1 Å². The first-order valence-electron chi connectivity index (χ1n) is 10.4. The number of hydrogen-bond acceptors (Lipinski definition) is 5. The molecule has 0 saturated heterocycles. The Hall–Kier alpha value is -2.90. The fourth-order valence-electron chi connectivity index (χ4n) is 3.71. The quantitative estimate of drug-likeness (QED) is 0.304. The number of rotatable bonds is 5. The molecule has 4 rings (SSSR count). The first kappa shape index (κ1) is 22.3. The lowest BCUT2D eigenvalue weighted by Crippen LogP contribution is -2.26. The highest BCUT2D eigenvalue weighted by Crippen LogP contribution is 2.33. The summed E-state index contributed by atoms with van der Waals surface area (Å²) >= 11 is 2.79. The predicted octanol–water partition coefficient (Wildman–Crippen LogP) is 5.71. The second kappa shape index (κ2) is 8.92. The van der Waals surface area contributed by atoms with Crippen LogP contribution in [-0.2, 0) is 11.8 Å². The van der Waals surface area contributed by atoms with Gasteiger partial charge in [0.2, 0.25) is 5.91 Å². The molecule has 5 nitrogen and oxygen atoms in total. The van der Waals surface area contributed by atoms with Crippen LogP contribution in [0.5, 0.6) is 0 Å². The topological polar surface area (TPSA) is 64.0 Å². The van der Waals surface area contributed by atoms with Crippen molar-refractivity contribution in [3.05, 3.63) is 75.6 Å². The molecule has 0 aliphatic heterocycles. The second-order valence-corrected chi connectivity index (χ2v) is 10.3. The molecule has 0 spiro atoms. The Morgan fingerprint density at radius 1 is 1.09 bits per heavy atom. The molecule has 0 fully saturated rings. The van der Waals surface area contributed by atoms with E-state index in [0.717, 1.165) is 27.3 Å². The van der Waals surface area contributed by atoms with Gasteiger partial charge in [0, 0.05) is 17.6 Å². The van der Waals surface area contributed by atoms with Gasteiger partial charge >= 0.3 is 0 Å². The largest absolute Gasteiger partial charge is 0.325 e. The highest BCUT2D eigenvalue weighted by Gasteiger charge is 2.20. The highest BCUT2D eigenvalue weighted by molar-refractivity contribution is 8.00. The summed E-state index contributed by atoms with van der Waals surface area (Å²) in [6.45, 7) is 7.86. The Morgan fingerprint density at radius 3 is 2.41 bits per heavy atom. The van der Waals surface area contributed by atoms with Crippen molar-refractivity contribution in [1.29, 1.82) is 0 Å². The zero-order valence-corrected chi connectivity index (χ0v) is 20.4. The zero-order valence-electron chi connectivity index (χ0n) is 18.7. The minimum Gasteiger partial charge on any atom is -0.325 e. The minimum atomic E-state index is -0.417. The molecule has 2 heterocycles. The fourth-order valence-corrected chi connectivity index (χ4v) is 5.66. The van der Waals surface area contributed by atoms with Crippen LogP contribution in [0.2, 0.25) is 0 Å². The molecule has 1 unspecified atom stereocenters. The van der Waals surface area contributed by atoms with Gasteiger partial charge in [-0.2, -0.15) is 0 Å². The summed E-state index contributed by atoms with van der Waals surface area (Å²) in [7, 11) is 1.70. The number of fused-ring (bicyclic) bond motifs is 1. The van der Waals surface area contributed by atoms with Crippen LogP contribution in [0.25, 0.3) is 20.7 Å². The van der Waals surface area contributed by atoms with E-state index in [-0.39, 0.29) is 11.5 Å². The van der Waals surface area contributed by atoms with Crippen molar-refractivity contribution in [3.63, 3.8) is 0 Å². The zero-order chi connectivity index (χ0) is 23.0. The molecular formula is C25H25N3O2S2. The van der Waals surface area contributed by atoms with Gasteiger partial charge in [-0.3, -0.25) is 14.2 Å². The Balaban J connectivity index is 1.60. The maximum absolute atomic E-state index is 13.0. The summed E-state index contributed by atoms with van der Waals surface area (Å²) in [5, 5.41) is 3.76. The molecular weight excluding hydrogens is 438 g/mol. The molecule has 164 valence electrons. The van der Waals surface area contributed by atoms with E-state index in [9.17, 15) is 9.59 Å². The maximum atomic E-state index is 13.0. The molecule has 32 heavy (non-hydrogen) atoms. The van der Waals surface area contributed by atoms with Crippen molar-refractivity contribution in [2.24, 2.45) is 7.05 Å². The average Bonchev–Trinajstić information content (AvgIpc) is 3.19. The number of benzene rings is 2. The minimum absolute atomic E-state index is 0.103. The van der Waals surface area contributed by atoms with E-state index in [2.05, 4.69) is 17.4 Å². The van der Waals surface area contributed by atoms with Crippen LogP contribution in [-0.4, -0.2) is 20.7 Å². The number of thioether (sulfide) groups is 1. The number of aromatic nitrogens is 2. The molecule has 7 heteroatoms. The van der Waals surface area contributed by atoms with Gasteiger partial charge in [-0.15, -0.1) is 11.3 Å². The van der Waals surface area contributed by atoms with Crippen molar-refractivity contribution in [2.45, 2.75) is 38.1 Å². The summed E-state index contributed by atoms with van der Waals surface area (Å²) in [5.74, 6) is -0.115. The number of hydrogen-bond donors (Lipinski definition) is 1. The summed E-state index contributed by atoms with van der Waals surface area (Å²) in [4.78, 5) is 32.3. The average molecular weight is 464 g/mol. The van der Waals surface area contributed by atoms with Crippen molar-refractivity contribution in [2.75, 3.05) is 5.32 Å². The van der Waals surface area contributed by atoms with Crippen molar-refractivity contribution >= 4 is 44.9 Å². The van der Waals surface area contributed by atoms with Gasteiger partial charge in [-0.05, 0) is 50.5 Å². The summed E-state index contributed by atoms with van der Waals surface area (Å²) in [6.07, 6.45) is 0. The predicted molar refractivity (Wildman–Crippen MR) is 135 cm³/mol. The highest BCUT2D eigenvalue weighted by atomic mass is 32.2. The van der Waals surface area contributed by atoms with Gasteiger partial charge in [0.1, 0.15) is 4.83 Å². The standard InChI is InChI=1S/C25H25N3O2S2/c1-14-11-15(2)21(16(3)12-14)26-22(29)17(4)31-25-27-23-19(24(30)28(25)5)13-20(32-23)18-9-7-6-8-10-18/h6-13,17H,1-5H3,(H,26,29). The summed E-state index contributed by atoms with van der Waals surface area (Å²) in [6, 6.07) is 16.0. The molecule has 0 saturated carbocycles. The van der Waals surface area contributed by atoms with Crippen molar-refractivity contribution in [3.8, 4) is 10.4 Å². The Labute approximate surface area is 195 Å². The number of nitrogens with zero attached hydrogens (tertiary/aromatic N) is 2. The van der Waals surface area contributed by atoms with E-state index in [1.165, 1.54) is 33.2 Å². The van der Waals surface area contributed by atoms with E-state index in [0.29, 0.717) is 15.4 Å². The van der Waals surface area contributed by atoms with E-state index in [4.69, 9.17) is 4.98 Å². The van der Waals surface area contributed by atoms with Gasteiger partial charge in [-0.1, -0.05) is 59.8 Å². The molecule has 1 atom stereocenters. The molecule has 1 amide bonds. The number of aryl methyl sites for hydroxylation is 3. The van der Waals surface area contributed by atoms with Crippen LogP contribution in [0.3, 0.4) is 0 Å². The van der Waals surface area contributed by atoms with Crippen LogP contribution in [0.15, 0.2) is 58.5 Å². The SMILES string of the molecule is Cc1cc(C)c(NC(=O)C(C)Sc2nc3sc(-c4ccccc4)cc3c(=O)n2C)c(C)c1. The molecule has 2 aromatic heterocycles.